The van der Waals surface area contributed by atoms with Crippen molar-refractivity contribution >= 4 is 63.7 Å². The number of aryl methyl sites for hydroxylation is 1. The Morgan fingerprint density at radius 1 is 1.00 bits per heavy atom. The quantitative estimate of drug-likeness (QED) is 0.393. The first-order chi connectivity index (χ1) is 11.8. The fraction of sp³-hybridized carbons (Fsp3) is 0.176. The maximum absolute atomic E-state index is 12.5. The predicted octanol–water partition coefficient (Wildman–Crippen LogP) is 4.41. The summed E-state index contributed by atoms with van der Waals surface area (Å²) in [6, 6.07) is 16.4. The number of benzene rings is 2. The number of alkyl halides is 3. The van der Waals surface area contributed by atoms with E-state index in [2.05, 4.69) is 16.0 Å². The Labute approximate surface area is 166 Å². The summed E-state index contributed by atoms with van der Waals surface area (Å²) < 4.78 is -1.80. The molecule has 1 atom stereocenters. The summed E-state index contributed by atoms with van der Waals surface area (Å²) in [4.78, 5) is 12.5. The maximum atomic E-state index is 12.5. The Kier molecular flexibility index (Phi) is 6.90. The number of halogens is 3. The van der Waals surface area contributed by atoms with Crippen molar-refractivity contribution in [3.8, 4) is 0 Å². The van der Waals surface area contributed by atoms with Crippen molar-refractivity contribution in [1.29, 1.82) is 0 Å². The zero-order chi connectivity index (χ0) is 18.4. The molecule has 0 aromatic heterocycles. The van der Waals surface area contributed by atoms with Gasteiger partial charge in [0.25, 0.3) is 5.91 Å². The second-order valence-corrected chi connectivity index (χ2v) is 8.00. The van der Waals surface area contributed by atoms with Crippen LogP contribution in [0.2, 0.25) is 0 Å². The SMILES string of the molecule is Cc1ccccc1C(=O)N[C@H](NC(=S)Nc1ccccc1)C(Cl)(Cl)Cl. The van der Waals surface area contributed by atoms with Gasteiger partial charge < -0.3 is 16.0 Å². The Morgan fingerprint density at radius 2 is 1.60 bits per heavy atom. The molecule has 2 aromatic rings. The van der Waals surface area contributed by atoms with E-state index in [-0.39, 0.29) is 11.0 Å². The highest BCUT2D eigenvalue weighted by Crippen LogP contribution is 2.29. The van der Waals surface area contributed by atoms with Crippen molar-refractivity contribution in [2.45, 2.75) is 16.9 Å². The molecule has 132 valence electrons. The number of carbonyl (C=O) groups is 1. The van der Waals surface area contributed by atoms with Crippen molar-refractivity contribution in [2.75, 3.05) is 5.32 Å². The van der Waals surface area contributed by atoms with E-state index >= 15 is 0 Å². The Hall–Kier alpha value is -1.53. The molecular formula is C17H16Cl3N3OS. The van der Waals surface area contributed by atoms with Gasteiger partial charge in [-0.1, -0.05) is 71.2 Å². The van der Waals surface area contributed by atoms with Crippen LogP contribution < -0.4 is 16.0 Å². The molecule has 0 saturated heterocycles. The highest BCUT2D eigenvalue weighted by Gasteiger charge is 2.35. The van der Waals surface area contributed by atoms with E-state index in [0.717, 1.165) is 11.3 Å². The van der Waals surface area contributed by atoms with Gasteiger partial charge in [-0.25, -0.2) is 0 Å². The van der Waals surface area contributed by atoms with Crippen molar-refractivity contribution in [1.82, 2.24) is 10.6 Å². The average Bonchev–Trinajstić information content (AvgIpc) is 2.54. The van der Waals surface area contributed by atoms with Gasteiger partial charge >= 0.3 is 0 Å². The van der Waals surface area contributed by atoms with Gasteiger partial charge in [0.15, 0.2) is 5.11 Å². The summed E-state index contributed by atoms with van der Waals surface area (Å²) >= 11 is 23.2. The van der Waals surface area contributed by atoms with E-state index in [1.165, 1.54) is 0 Å². The highest BCUT2D eigenvalue weighted by atomic mass is 35.6. The molecule has 8 heteroatoms. The number of para-hydroxylation sites is 1. The van der Waals surface area contributed by atoms with Crippen LogP contribution in [0.3, 0.4) is 0 Å². The smallest absolute Gasteiger partial charge is 0.253 e. The summed E-state index contributed by atoms with van der Waals surface area (Å²) in [7, 11) is 0. The van der Waals surface area contributed by atoms with E-state index < -0.39 is 9.96 Å². The molecule has 1 amide bonds. The van der Waals surface area contributed by atoms with Crippen LogP contribution in [0.1, 0.15) is 15.9 Å². The third-order valence-electron chi connectivity index (χ3n) is 3.30. The van der Waals surface area contributed by atoms with Crippen LogP contribution in [0, 0.1) is 6.92 Å². The maximum Gasteiger partial charge on any atom is 0.253 e. The van der Waals surface area contributed by atoms with E-state index in [1.807, 2.05) is 49.4 Å². The molecule has 0 radical (unpaired) electrons. The molecule has 0 aliphatic carbocycles. The average molecular weight is 417 g/mol. The molecule has 3 N–H and O–H groups in total. The lowest BCUT2D eigenvalue weighted by Gasteiger charge is -2.28. The minimum Gasteiger partial charge on any atom is -0.339 e. The lowest BCUT2D eigenvalue weighted by molar-refractivity contribution is 0.0934. The van der Waals surface area contributed by atoms with E-state index in [9.17, 15) is 4.79 Å². The summed E-state index contributed by atoms with van der Waals surface area (Å²) in [5.41, 5.74) is 2.08. The van der Waals surface area contributed by atoms with Gasteiger partial charge in [0.05, 0.1) is 0 Å². The summed E-state index contributed by atoms with van der Waals surface area (Å²) in [5, 5.41) is 8.65. The minimum atomic E-state index is -1.80. The number of rotatable bonds is 4. The van der Waals surface area contributed by atoms with Crippen molar-refractivity contribution in [2.24, 2.45) is 0 Å². The van der Waals surface area contributed by atoms with Crippen LogP contribution >= 0.6 is 47.0 Å². The molecule has 0 aliphatic rings. The summed E-state index contributed by atoms with van der Waals surface area (Å²) in [5.74, 6) is -0.371. The monoisotopic (exact) mass is 415 g/mol. The van der Waals surface area contributed by atoms with Crippen molar-refractivity contribution in [3.05, 3.63) is 65.7 Å². The number of hydrogen-bond acceptors (Lipinski definition) is 2. The predicted molar refractivity (Wildman–Crippen MR) is 109 cm³/mol. The fourth-order valence-electron chi connectivity index (χ4n) is 2.06. The zero-order valence-electron chi connectivity index (χ0n) is 13.2. The van der Waals surface area contributed by atoms with Gasteiger partial charge in [-0.2, -0.15) is 0 Å². The minimum absolute atomic E-state index is 0.215. The van der Waals surface area contributed by atoms with Crippen LogP contribution in [-0.2, 0) is 0 Å². The molecule has 0 bridgehead atoms. The lowest BCUT2D eigenvalue weighted by Crippen LogP contribution is -2.56. The molecule has 4 nitrogen and oxygen atoms in total. The van der Waals surface area contributed by atoms with Gasteiger partial charge in [0, 0.05) is 11.3 Å². The van der Waals surface area contributed by atoms with Crippen LogP contribution in [0.5, 0.6) is 0 Å². The Bertz CT molecular complexity index is 750. The molecule has 0 heterocycles. The number of amides is 1. The molecule has 0 fully saturated rings. The zero-order valence-corrected chi connectivity index (χ0v) is 16.3. The molecular weight excluding hydrogens is 401 g/mol. The van der Waals surface area contributed by atoms with Crippen LogP contribution in [0.4, 0.5) is 5.69 Å². The number of thiocarbonyl (C=S) groups is 1. The van der Waals surface area contributed by atoms with Gasteiger partial charge in [-0.05, 0) is 42.9 Å². The first kappa shape index (κ1) is 19.8. The standard InChI is InChI=1S/C17H16Cl3N3OS/c1-11-7-5-6-10-13(11)14(24)22-15(17(18,19)20)23-16(25)21-12-8-3-2-4-9-12/h2-10,15H,1H3,(H,22,24)(H2,21,23,25)/t15-/m1/s1. The lowest BCUT2D eigenvalue weighted by atomic mass is 10.1. The Balaban J connectivity index is 2.08. The molecule has 25 heavy (non-hydrogen) atoms. The van der Waals surface area contributed by atoms with E-state index in [1.54, 1.807) is 12.1 Å². The number of anilines is 1. The van der Waals surface area contributed by atoms with E-state index in [4.69, 9.17) is 47.0 Å². The third-order valence-corrected chi connectivity index (χ3v) is 4.17. The molecule has 0 aliphatic heterocycles. The van der Waals surface area contributed by atoms with Crippen molar-refractivity contribution < 1.29 is 4.79 Å². The molecule has 2 rings (SSSR count). The van der Waals surface area contributed by atoms with Gasteiger partial charge in [-0.15, -0.1) is 0 Å². The van der Waals surface area contributed by atoms with E-state index in [0.29, 0.717) is 5.56 Å². The van der Waals surface area contributed by atoms with Gasteiger partial charge in [-0.3, -0.25) is 4.79 Å². The number of nitrogens with one attached hydrogen (secondary N) is 3. The Morgan fingerprint density at radius 3 is 2.20 bits per heavy atom. The fourth-order valence-corrected chi connectivity index (χ4v) is 2.62. The first-order valence-corrected chi connectivity index (χ1v) is 8.87. The van der Waals surface area contributed by atoms with Crippen LogP contribution in [0.15, 0.2) is 54.6 Å². The summed E-state index contributed by atoms with van der Waals surface area (Å²) in [6.07, 6.45) is -1.02. The number of hydrogen-bond donors (Lipinski definition) is 3. The topological polar surface area (TPSA) is 53.2 Å². The first-order valence-electron chi connectivity index (χ1n) is 7.33. The molecule has 2 aromatic carbocycles. The normalized spacial score (nSPS) is 12.2. The van der Waals surface area contributed by atoms with Gasteiger partial charge in [0.1, 0.15) is 6.17 Å². The van der Waals surface area contributed by atoms with Crippen LogP contribution in [0.25, 0.3) is 0 Å². The van der Waals surface area contributed by atoms with Crippen LogP contribution in [-0.4, -0.2) is 21.0 Å². The molecule has 0 saturated carbocycles. The third kappa shape index (κ3) is 6.04. The largest absolute Gasteiger partial charge is 0.339 e. The molecule has 0 unspecified atom stereocenters. The number of carbonyl (C=O) groups excluding carboxylic acids is 1. The highest BCUT2D eigenvalue weighted by molar-refractivity contribution is 7.80. The van der Waals surface area contributed by atoms with Gasteiger partial charge in [0.2, 0.25) is 3.79 Å². The summed E-state index contributed by atoms with van der Waals surface area (Å²) in [6.45, 7) is 1.83. The van der Waals surface area contributed by atoms with Crippen molar-refractivity contribution in [3.63, 3.8) is 0 Å². The second-order valence-electron chi connectivity index (χ2n) is 5.23. The second kappa shape index (κ2) is 8.72. The molecule has 0 spiro atoms.